The Hall–Kier alpha value is -0.870. The molecule has 0 saturated carbocycles. The highest BCUT2D eigenvalue weighted by molar-refractivity contribution is 7.11. The summed E-state index contributed by atoms with van der Waals surface area (Å²) in [7, 11) is 0. The number of ether oxygens (including phenoxy) is 1. The highest BCUT2D eigenvalue weighted by Gasteiger charge is 2.13. The van der Waals surface area contributed by atoms with Crippen LogP contribution in [0, 0.1) is 12.8 Å². The quantitative estimate of drug-likeness (QED) is 0.849. The molecule has 17 heavy (non-hydrogen) atoms. The molecule has 4 heteroatoms. The summed E-state index contributed by atoms with van der Waals surface area (Å²) in [5.41, 5.74) is 0. The molecule has 0 spiro atoms. The maximum Gasteiger partial charge on any atom is 0.249 e. The number of carbonyl (C=O) groups excluding carboxylic acids is 1. The van der Waals surface area contributed by atoms with Gasteiger partial charge in [-0.15, -0.1) is 11.3 Å². The molecule has 0 bridgehead atoms. The largest absolute Gasteiger partial charge is 0.368 e. The van der Waals surface area contributed by atoms with Gasteiger partial charge in [-0.25, -0.2) is 0 Å². The molecule has 0 radical (unpaired) electrons. The molecular weight excluding hydrogens is 234 g/mol. The summed E-state index contributed by atoms with van der Waals surface area (Å²) >= 11 is 1.70. The van der Waals surface area contributed by atoms with Crippen molar-refractivity contribution < 1.29 is 9.53 Å². The van der Waals surface area contributed by atoms with E-state index in [1.807, 2.05) is 6.07 Å². The summed E-state index contributed by atoms with van der Waals surface area (Å²) in [6, 6.07) is 4.10. The van der Waals surface area contributed by atoms with Crippen LogP contribution in [0.3, 0.4) is 0 Å². The maximum absolute atomic E-state index is 11.7. The first-order valence-electron chi connectivity index (χ1n) is 5.93. The van der Waals surface area contributed by atoms with Crippen LogP contribution in [0.1, 0.15) is 30.5 Å². The Kier molecular flexibility index (Phi) is 5.65. The topological polar surface area (TPSA) is 38.3 Å². The van der Waals surface area contributed by atoms with E-state index in [4.69, 9.17) is 4.74 Å². The van der Waals surface area contributed by atoms with Gasteiger partial charge in [-0.2, -0.15) is 0 Å². The fourth-order valence-electron chi connectivity index (χ4n) is 1.31. The minimum Gasteiger partial charge on any atom is -0.368 e. The first-order chi connectivity index (χ1) is 7.99. The van der Waals surface area contributed by atoms with Crippen LogP contribution in [0.2, 0.25) is 0 Å². The average Bonchev–Trinajstić information content (AvgIpc) is 2.68. The predicted octanol–water partition coefficient (Wildman–Crippen LogP) is 2.73. The van der Waals surface area contributed by atoms with Crippen molar-refractivity contribution in [2.75, 3.05) is 6.61 Å². The fraction of sp³-hybridized carbons (Fsp3) is 0.615. The molecule has 0 saturated heterocycles. The SMILES string of the molecule is Cc1ccc(CNC(=O)C(C)OCC(C)C)s1. The Morgan fingerprint density at radius 2 is 2.12 bits per heavy atom. The third kappa shape index (κ3) is 5.33. The van der Waals surface area contributed by atoms with Gasteiger partial charge in [0.25, 0.3) is 0 Å². The molecule has 1 rings (SSSR count). The third-order valence-corrected chi connectivity index (χ3v) is 3.28. The Morgan fingerprint density at radius 1 is 1.41 bits per heavy atom. The van der Waals surface area contributed by atoms with Crippen LogP contribution in [0.15, 0.2) is 12.1 Å². The number of hydrogen-bond donors (Lipinski definition) is 1. The Labute approximate surface area is 107 Å². The van der Waals surface area contributed by atoms with Gasteiger partial charge in [0.2, 0.25) is 5.91 Å². The first kappa shape index (κ1) is 14.2. The summed E-state index contributed by atoms with van der Waals surface area (Å²) in [5.74, 6) is 0.405. The maximum atomic E-state index is 11.7. The zero-order chi connectivity index (χ0) is 12.8. The molecule has 1 N–H and O–H groups in total. The molecule has 1 unspecified atom stereocenters. The smallest absolute Gasteiger partial charge is 0.249 e. The Balaban J connectivity index is 2.29. The van der Waals surface area contributed by atoms with Gasteiger partial charge < -0.3 is 10.1 Å². The summed E-state index contributed by atoms with van der Waals surface area (Å²) in [6.07, 6.45) is -0.376. The van der Waals surface area contributed by atoms with E-state index in [2.05, 4.69) is 32.2 Å². The Bertz CT molecular complexity index is 360. The standard InChI is InChI=1S/C13H21NO2S/c1-9(2)8-16-11(4)13(15)14-7-12-6-5-10(3)17-12/h5-6,9,11H,7-8H2,1-4H3,(H,14,15). The highest BCUT2D eigenvalue weighted by atomic mass is 32.1. The molecule has 1 atom stereocenters. The lowest BCUT2D eigenvalue weighted by molar-refractivity contribution is -0.132. The van der Waals surface area contributed by atoms with Crippen molar-refractivity contribution in [3.8, 4) is 0 Å². The van der Waals surface area contributed by atoms with Gasteiger partial charge in [-0.05, 0) is 31.9 Å². The van der Waals surface area contributed by atoms with E-state index in [9.17, 15) is 4.79 Å². The minimum atomic E-state index is -0.376. The van der Waals surface area contributed by atoms with Gasteiger partial charge in [0, 0.05) is 16.4 Å². The summed E-state index contributed by atoms with van der Waals surface area (Å²) in [5, 5.41) is 2.88. The van der Waals surface area contributed by atoms with Crippen LogP contribution in [-0.4, -0.2) is 18.6 Å². The lowest BCUT2D eigenvalue weighted by Gasteiger charge is -2.14. The molecular formula is C13H21NO2S. The molecule has 0 aliphatic rings. The van der Waals surface area contributed by atoms with E-state index in [1.165, 1.54) is 9.75 Å². The van der Waals surface area contributed by atoms with Crippen LogP contribution < -0.4 is 5.32 Å². The van der Waals surface area contributed by atoms with Crippen molar-refractivity contribution in [2.45, 2.75) is 40.3 Å². The van der Waals surface area contributed by atoms with Gasteiger partial charge in [0.1, 0.15) is 6.10 Å². The van der Waals surface area contributed by atoms with Gasteiger partial charge in [0.05, 0.1) is 6.54 Å². The molecule has 1 heterocycles. The zero-order valence-corrected chi connectivity index (χ0v) is 11.8. The van der Waals surface area contributed by atoms with Crippen molar-refractivity contribution in [1.29, 1.82) is 0 Å². The van der Waals surface area contributed by atoms with E-state index < -0.39 is 0 Å². The molecule has 0 fully saturated rings. The van der Waals surface area contributed by atoms with Gasteiger partial charge in [0.15, 0.2) is 0 Å². The lowest BCUT2D eigenvalue weighted by atomic mass is 10.2. The summed E-state index contributed by atoms with van der Waals surface area (Å²) < 4.78 is 5.45. The van der Waals surface area contributed by atoms with Crippen LogP contribution in [0.4, 0.5) is 0 Å². The monoisotopic (exact) mass is 255 g/mol. The number of rotatable bonds is 6. The number of thiophene rings is 1. The van der Waals surface area contributed by atoms with Crippen LogP contribution in [0.25, 0.3) is 0 Å². The predicted molar refractivity (Wildman–Crippen MR) is 71.2 cm³/mol. The van der Waals surface area contributed by atoms with Gasteiger partial charge in [-0.1, -0.05) is 13.8 Å². The van der Waals surface area contributed by atoms with Gasteiger partial charge in [-0.3, -0.25) is 4.79 Å². The minimum absolute atomic E-state index is 0.0447. The van der Waals surface area contributed by atoms with Crippen molar-refractivity contribution >= 4 is 17.2 Å². The van der Waals surface area contributed by atoms with Crippen LogP contribution >= 0.6 is 11.3 Å². The summed E-state index contributed by atoms with van der Waals surface area (Å²) in [4.78, 5) is 14.1. The summed E-state index contributed by atoms with van der Waals surface area (Å²) in [6.45, 7) is 9.19. The number of hydrogen-bond acceptors (Lipinski definition) is 3. The van der Waals surface area contributed by atoms with Crippen LogP contribution in [0.5, 0.6) is 0 Å². The number of aryl methyl sites for hydroxylation is 1. The third-order valence-electron chi connectivity index (χ3n) is 2.28. The van der Waals surface area contributed by atoms with Crippen molar-refractivity contribution in [1.82, 2.24) is 5.32 Å². The van der Waals surface area contributed by atoms with Crippen molar-refractivity contribution in [3.63, 3.8) is 0 Å². The van der Waals surface area contributed by atoms with Gasteiger partial charge >= 0.3 is 0 Å². The molecule has 96 valence electrons. The van der Waals surface area contributed by atoms with Crippen molar-refractivity contribution in [3.05, 3.63) is 21.9 Å². The fourth-order valence-corrected chi connectivity index (χ4v) is 2.14. The molecule has 1 aromatic rings. The molecule has 0 aliphatic heterocycles. The second-order valence-electron chi connectivity index (χ2n) is 4.60. The molecule has 0 aromatic carbocycles. The van der Waals surface area contributed by atoms with E-state index in [0.29, 0.717) is 19.1 Å². The van der Waals surface area contributed by atoms with E-state index in [0.717, 1.165) is 0 Å². The van der Waals surface area contributed by atoms with E-state index in [-0.39, 0.29) is 12.0 Å². The molecule has 1 amide bonds. The normalized spacial score (nSPS) is 12.8. The number of nitrogens with one attached hydrogen (secondary N) is 1. The second kappa shape index (κ2) is 6.77. The second-order valence-corrected chi connectivity index (χ2v) is 5.97. The van der Waals surface area contributed by atoms with E-state index in [1.54, 1.807) is 18.3 Å². The Morgan fingerprint density at radius 3 is 2.65 bits per heavy atom. The zero-order valence-electron chi connectivity index (χ0n) is 10.9. The molecule has 3 nitrogen and oxygen atoms in total. The lowest BCUT2D eigenvalue weighted by Crippen LogP contribution is -2.34. The highest BCUT2D eigenvalue weighted by Crippen LogP contribution is 2.14. The van der Waals surface area contributed by atoms with Crippen LogP contribution in [-0.2, 0) is 16.1 Å². The van der Waals surface area contributed by atoms with E-state index >= 15 is 0 Å². The molecule has 1 aromatic heterocycles. The number of carbonyl (C=O) groups is 1. The molecule has 0 aliphatic carbocycles. The first-order valence-corrected chi connectivity index (χ1v) is 6.75. The van der Waals surface area contributed by atoms with Crippen molar-refractivity contribution in [2.24, 2.45) is 5.92 Å². The number of amides is 1. The average molecular weight is 255 g/mol.